The van der Waals surface area contributed by atoms with Gasteiger partial charge in [0.05, 0.1) is 0 Å². The fraction of sp³-hybridized carbons (Fsp3) is 1.00. The first-order valence-corrected chi connectivity index (χ1v) is 6.95. The van der Waals surface area contributed by atoms with Crippen molar-refractivity contribution in [1.29, 1.82) is 0 Å². The summed E-state index contributed by atoms with van der Waals surface area (Å²) in [5.74, 6) is 3.37. The summed E-state index contributed by atoms with van der Waals surface area (Å²) in [4.78, 5) is 0. The first-order chi connectivity index (χ1) is 6.93. The van der Waals surface area contributed by atoms with Crippen molar-refractivity contribution in [3.63, 3.8) is 0 Å². The second-order valence-corrected chi connectivity index (χ2v) is 5.21. The van der Waals surface area contributed by atoms with Crippen LogP contribution in [0.3, 0.4) is 0 Å². The molecule has 0 saturated heterocycles. The fourth-order valence-corrected chi connectivity index (χ4v) is 1.82. The molecular weight excluding hydrogens is 194 g/mol. The normalized spacial score (nSPS) is 16.1. The van der Waals surface area contributed by atoms with Gasteiger partial charge >= 0.3 is 0 Å². The lowest BCUT2D eigenvalue weighted by molar-refractivity contribution is 0.122. The molecule has 0 atom stereocenters. The highest BCUT2D eigenvalue weighted by atomic mass is 32.2. The molecule has 3 heteroatoms. The number of hydrogen-bond donors (Lipinski definition) is 1. The highest BCUT2D eigenvalue weighted by Crippen LogP contribution is 2.28. The largest absolute Gasteiger partial charge is 0.381 e. The van der Waals surface area contributed by atoms with Crippen molar-refractivity contribution in [3.8, 4) is 0 Å². The standard InChI is InChI=1S/C11H23NOS/c1-2-14-9-7-12-6-3-8-13-10-11-4-5-11/h11-12H,2-10H2,1H3. The summed E-state index contributed by atoms with van der Waals surface area (Å²) >= 11 is 1.99. The van der Waals surface area contributed by atoms with Crippen LogP contribution < -0.4 is 5.32 Å². The van der Waals surface area contributed by atoms with E-state index in [1.807, 2.05) is 11.8 Å². The van der Waals surface area contributed by atoms with Crippen LogP contribution in [-0.4, -0.2) is 37.8 Å². The molecule has 1 fully saturated rings. The van der Waals surface area contributed by atoms with E-state index in [0.717, 1.165) is 38.6 Å². The average molecular weight is 217 g/mol. The molecule has 0 aliphatic heterocycles. The zero-order chi connectivity index (χ0) is 10.1. The van der Waals surface area contributed by atoms with E-state index >= 15 is 0 Å². The Bertz CT molecular complexity index is 128. The summed E-state index contributed by atoms with van der Waals surface area (Å²) in [6.07, 6.45) is 3.95. The van der Waals surface area contributed by atoms with E-state index in [4.69, 9.17) is 4.74 Å². The van der Waals surface area contributed by atoms with Gasteiger partial charge in [0.2, 0.25) is 0 Å². The molecule has 0 unspecified atom stereocenters. The van der Waals surface area contributed by atoms with Crippen molar-refractivity contribution in [3.05, 3.63) is 0 Å². The number of hydrogen-bond acceptors (Lipinski definition) is 3. The smallest absolute Gasteiger partial charge is 0.0494 e. The quantitative estimate of drug-likeness (QED) is 0.567. The molecule has 0 amide bonds. The van der Waals surface area contributed by atoms with Crippen LogP contribution in [0.5, 0.6) is 0 Å². The second kappa shape index (κ2) is 8.57. The molecule has 0 aromatic rings. The topological polar surface area (TPSA) is 21.3 Å². The zero-order valence-electron chi connectivity index (χ0n) is 9.26. The van der Waals surface area contributed by atoms with Gasteiger partial charge in [0.15, 0.2) is 0 Å². The first kappa shape index (κ1) is 12.3. The Morgan fingerprint density at radius 3 is 2.93 bits per heavy atom. The van der Waals surface area contributed by atoms with Gasteiger partial charge in [-0.15, -0.1) is 0 Å². The maximum Gasteiger partial charge on any atom is 0.0494 e. The Morgan fingerprint density at radius 2 is 2.21 bits per heavy atom. The van der Waals surface area contributed by atoms with E-state index < -0.39 is 0 Å². The SMILES string of the molecule is CCSCCNCCCOCC1CC1. The van der Waals surface area contributed by atoms with E-state index in [1.165, 1.54) is 24.3 Å². The minimum Gasteiger partial charge on any atom is -0.381 e. The predicted molar refractivity (Wildman–Crippen MR) is 64.0 cm³/mol. The Hall–Kier alpha value is 0.270. The first-order valence-electron chi connectivity index (χ1n) is 5.79. The highest BCUT2D eigenvalue weighted by molar-refractivity contribution is 7.99. The second-order valence-electron chi connectivity index (χ2n) is 3.82. The van der Waals surface area contributed by atoms with Gasteiger partial charge in [-0.3, -0.25) is 0 Å². The van der Waals surface area contributed by atoms with Crippen LogP contribution >= 0.6 is 11.8 Å². The lowest BCUT2D eigenvalue weighted by atomic mass is 10.4. The van der Waals surface area contributed by atoms with E-state index in [2.05, 4.69) is 12.2 Å². The third-order valence-corrected chi connectivity index (χ3v) is 3.22. The molecule has 1 aliphatic rings. The van der Waals surface area contributed by atoms with Gasteiger partial charge in [0.1, 0.15) is 0 Å². The Balaban J connectivity index is 1.63. The molecule has 0 heterocycles. The van der Waals surface area contributed by atoms with Gasteiger partial charge in [0.25, 0.3) is 0 Å². The van der Waals surface area contributed by atoms with E-state index in [0.29, 0.717) is 0 Å². The van der Waals surface area contributed by atoms with Crippen LogP contribution in [-0.2, 0) is 4.74 Å². The van der Waals surface area contributed by atoms with Gasteiger partial charge in [-0.05, 0) is 37.5 Å². The third-order valence-electron chi connectivity index (χ3n) is 2.32. The van der Waals surface area contributed by atoms with Gasteiger partial charge in [-0.1, -0.05) is 6.92 Å². The van der Waals surface area contributed by atoms with Gasteiger partial charge in [0, 0.05) is 25.5 Å². The summed E-state index contributed by atoms with van der Waals surface area (Å²) in [6.45, 7) is 6.39. The van der Waals surface area contributed by atoms with E-state index in [-0.39, 0.29) is 0 Å². The Kier molecular flexibility index (Phi) is 7.55. The van der Waals surface area contributed by atoms with Crippen LogP contribution in [0.2, 0.25) is 0 Å². The molecule has 1 aliphatic carbocycles. The minimum absolute atomic E-state index is 0.906. The van der Waals surface area contributed by atoms with Crippen LogP contribution in [0.25, 0.3) is 0 Å². The molecule has 0 spiro atoms. The molecule has 84 valence electrons. The molecular formula is C11H23NOS. The molecule has 14 heavy (non-hydrogen) atoms. The highest BCUT2D eigenvalue weighted by Gasteiger charge is 2.20. The number of rotatable bonds is 10. The fourth-order valence-electron chi connectivity index (χ4n) is 1.25. The van der Waals surface area contributed by atoms with Crippen LogP contribution in [0.15, 0.2) is 0 Å². The van der Waals surface area contributed by atoms with E-state index in [1.54, 1.807) is 0 Å². The van der Waals surface area contributed by atoms with Gasteiger partial charge in [-0.25, -0.2) is 0 Å². The van der Waals surface area contributed by atoms with Crippen LogP contribution in [0, 0.1) is 5.92 Å². The summed E-state index contributed by atoms with van der Waals surface area (Å²) in [5, 5.41) is 3.42. The lowest BCUT2D eigenvalue weighted by Gasteiger charge is -2.04. The van der Waals surface area contributed by atoms with Crippen LogP contribution in [0.4, 0.5) is 0 Å². The van der Waals surface area contributed by atoms with Crippen molar-refractivity contribution in [1.82, 2.24) is 5.32 Å². The average Bonchev–Trinajstić information content (AvgIpc) is 2.99. The Morgan fingerprint density at radius 1 is 1.36 bits per heavy atom. The molecule has 1 N–H and O–H groups in total. The van der Waals surface area contributed by atoms with Crippen molar-refractivity contribution in [2.24, 2.45) is 5.92 Å². The van der Waals surface area contributed by atoms with E-state index in [9.17, 15) is 0 Å². The molecule has 2 nitrogen and oxygen atoms in total. The maximum absolute atomic E-state index is 5.54. The molecule has 1 rings (SSSR count). The third kappa shape index (κ3) is 7.65. The predicted octanol–water partition coefficient (Wildman–Crippen LogP) is 2.15. The summed E-state index contributed by atoms with van der Waals surface area (Å²) in [6, 6.07) is 0. The molecule has 0 radical (unpaired) electrons. The van der Waals surface area contributed by atoms with Gasteiger partial charge in [-0.2, -0.15) is 11.8 Å². The van der Waals surface area contributed by atoms with Crippen molar-refractivity contribution in [2.45, 2.75) is 26.2 Å². The summed E-state index contributed by atoms with van der Waals surface area (Å²) in [7, 11) is 0. The minimum atomic E-state index is 0.906. The Labute approximate surface area is 92.2 Å². The van der Waals surface area contributed by atoms with Crippen molar-refractivity contribution in [2.75, 3.05) is 37.8 Å². The molecule has 0 aromatic heterocycles. The molecule has 0 aromatic carbocycles. The number of ether oxygens (including phenoxy) is 1. The summed E-state index contributed by atoms with van der Waals surface area (Å²) < 4.78 is 5.54. The van der Waals surface area contributed by atoms with Gasteiger partial charge < -0.3 is 10.1 Å². The number of nitrogens with one attached hydrogen (secondary N) is 1. The van der Waals surface area contributed by atoms with Crippen LogP contribution in [0.1, 0.15) is 26.2 Å². The summed E-state index contributed by atoms with van der Waals surface area (Å²) in [5.41, 5.74) is 0. The zero-order valence-corrected chi connectivity index (χ0v) is 10.1. The number of thioether (sulfide) groups is 1. The lowest BCUT2D eigenvalue weighted by Crippen LogP contribution is -2.19. The maximum atomic E-state index is 5.54. The molecule has 1 saturated carbocycles. The monoisotopic (exact) mass is 217 g/mol. The van der Waals surface area contributed by atoms with Crippen molar-refractivity contribution >= 4 is 11.8 Å². The molecule has 0 bridgehead atoms. The van der Waals surface area contributed by atoms with Crippen molar-refractivity contribution < 1.29 is 4.74 Å².